The second kappa shape index (κ2) is 8.35. The van der Waals surface area contributed by atoms with E-state index >= 15 is 0 Å². The first-order valence-electron chi connectivity index (χ1n) is 9.94. The van der Waals surface area contributed by atoms with Crippen LogP contribution in [0.5, 0.6) is 5.75 Å². The van der Waals surface area contributed by atoms with Crippen LogP contribution in [0.25, 0.3) is 0 Å². The number of hydrogen-bond donors (Lipinski definition) is 1. The lowest BCUT2D eigenvalue weighted by molar-refractivity contribution is 0.0734. The molecule has 0 fully saturated rings. The number of rotatable bonds is 5. The van der Waals surface area contributed by atoms with Crippen molar-refractivity contribution < 1.29 is 9.53 Å². The van der Waals surface area contributed by atoms with Gasteiger partial charge in [0, 0.05) is 25.0 Å². The lowest BCUT2D eigenvalue weighted by atomic mass is 9.99. The molecule has 0 saturated heterocycles. The van der Waals surface area contributed by atoms with Gasteiger partial charge in [0.15, 0.2) is 0 Å². The highest BCUT2D eigenvalue weighted by molar-refractivity contribution is 5.94. The lowest BCUT2D eigenvalue weighted by Gasteiger charge is -2.28. The van der Waals surface area contributed by atoms with E-state index in [1.165, 1.54) is 11.1 Å². The van der Waals surface area contributed by atoms with E-state index < -0.39 is 0 Å². The summed E-state index contributed by atoms with van der Waals surface area (Å²) in [5, 5.41) is 3.25. The van der Waals surface area contributed by atoms with Crippen molar-refractivity contribution in [1.29, 1.82) is 0 Å². The zero-order valence-corrected chi connectivity index (χ0v) is 16.8. The Morgan fingerprint density at radius 1 is 1.03 bits per heavy atom. The van der Waals surface area contributed by atoms with Crippen molar-refractivity contribution in [2.75, 3.05) is 11.9 Å². The largest absolute Gasteiger partial charge is 0.491 e. The molecule has 148 valence electrons. The summed E-state index contributed by atoms with van der Waals surface area (Å²) in [5.41, 5.74) is 4.08. The van der Waals surface area contributed by atoms with Crippen LogP contribution < -0.4 is 10.1 Å². The third-order valence-electron chi connectivity index (χ3n) is 4.93. The van der Waals surface area contributed by atoms with E-state index in [2.05, 4.69) is 28.5 Å². The topological polar surface area (TPSA) is 54.5 Å². The SMILES string of the molecule is CC(C)Oc1ccc(Nc2ccc(C(=O)N3CCc4ccccc4C3)cn2)cc1. The Balaban J connectivity index is 1.39. The van der Waals surface area contributed by atoms with E-state index in [1.807, 2.05) is 61.2 Å². The Kier molecular flexibility index (Phi) is 5.47. The third kappa shape index (κ3) is 4.57. The van der Waals surface area contributed by atoms with Gasteiger partial charge >= 0.3 is 0 Å². The van der Waals surface area contributed by atoms with Crippen LogP contribution >= 0.6 is 0 Å². The smallest absolute Gasteiger partial charge is 0.255 e. The maximum atomic E-state index is 12.9. The van der Waals surface area contributed by atoms with Crippen molar-refractivity contribution >= 4 is 17.4 Å². The quantitative estimate of drug-likeness (QED) is 0.683. The summed E-state index contributed by atoms with van der Waals surface area (Å²) in [6, 6.07) is 19.7. The van der Waals surface area contributed by atoms with Crippen molar-refractivity contribution in [3.63, 3.8) is 0 Å². The molecule has 0 unspecified atom stereocenters. The van der Waals surface area contributed by atoms with E-state index in [9.17, 15) is 4.79 Å². The molecule has 1 aliphatic heterocycles. The van der Waals surface area contributed by atoms with Crippen LogP contribution in [0, 0.1) is 0 Å². The molecule has 0 atom stereocenters. The summed E-state index contributed by atoms with van der Waals surface area (Å²) < 4.78 is 5.66. The number of nitrogens with zero attached hydrogens (tertiary/aromatic N) is 2. The van der Waals surface area contributed by atoms with Gasteiger partial charge in [0.25, 0.3) is 5.91 Å². The second-order valence-corrected chi connectivity index (χ2v) is 7.49. The molecule has 3 aromatic rings. The lowest BCUT2D eigenvalue weighted by Crippen LogP contribution is -2.35. The first-order chi connectivity index (χ1) is 14.1. The van der Waals surface area contributed by atoms with Crippen molar-refractivity contribution in [1.82, 2.24) is 9.88 Å². The molecule has 4 rings (SSSR count). The van der Waals surface area contributed by atoms with Crippen LogP contribution in [0.3, 0.4) is 0 Å². The molecule has 1 amide bonds. The van der Waals surface area contributed by atoms with Gasteiger partial charge in [0.05, 0.1) is 11.7 Å². The maximum absolute atomic E-state index is 12.9. The molecule has 2 aromatic carbocycles. The van der Waals surface area contributed by atoms with Gasteiger partial charge in [-0.05, 0) is 67.8 Å². The molecular weight excluding hydrogens is 362 g/mol. The highest BCUT2D eigenvalue weighted by Crippen LogP contribution is 2.22. The number of anilines is 2. The molecule has 1 aliphatic rings. The van der Waals surface area contributed by atoms with Crippen molar-refractivity contribution in [3.8, 4) is 5.75 Å². The number of carbonyl (C=O) groups is 1. The third-order valence-corrected chi connectivity index (χ3v) is 4.93. The van der Waals surface area contributed by atoms with Gasteiger partial charge in [-0.15, -0.1) is 0 Å². The van der Waals surface area contributed by atoms with E-state index in [4.69, 9.17) is 4.74 Å². The van der Waals surface area contributed by atoms with Crippen molar-refractivity contribution in [2.24, 2.45) is 0 Å². The molecule has 1 N–H and O–H groups in total. The number of pyridine rings is 1. The van der Waals surface area contributed by atoms with Crippen molar-refractivity contribution in [2.45, 2.75) is 32.9 Å². The van der Waals surface area contributed by atoms with Crippen LogP contribution in [-0.4, -0.2) is 28.4 Å². The fourth-order valence-electron chi connectivity index (χ4n) is 3.48. The highest BCUT2D eigenvalue weighted by Gasteiger charge is 2.21. The Labute approximate surface area is 171 Å². The molecule has 0 radical (unpaired) electrons. The molecule has 0 bridgehead atoms. The monoisotopic (exact) mass is 387 g/mol. The Hall–Kier alpha value is -3.34. The van der Waals surface area contributed by atoms with Gasteiger partial charge in [-0.25, -0.2) is 4.98 Å². The summed E-state index contributed by atoms with van der Waals surface area (Å²) in [6.45, 7) is 5.39. The molecular formula is C24H25N3O2. The minimum atomic E-state index is 0.0220. The number of nitrogens with one attached hydrogen (secondary N) is 1. The molecule has 2 heterocycles. The minimum Gasteiger partial charge on any atom is -0.491 e. The fraction of sp³-hybridized carbons (Fsp3) is 0.250. The van der Waals surface area contributed by atoms with Gasteiger partial charge < -0.3 is 15.0 Å². The number of carbonyl (C=O) groups excluding carboxylic acids is 1. The molecule has 5 heteroatoms. The fourth-order valence-corrected chi connectivity index (χ4v) is 3.48. The first-order valence-corrected chi connectivity index (χ1v) is 9.94. The second-order valence-electron chi connectivity index (χ2n) is 7.49. The van der Waals surface area contributed by atoms with Crippen LogP contribution in [0.4, 0.5) is 11.5 Å². The molecule has 0 spiro atoms. The van der Waals surface area contributed by atoms with E-state index in [0.29, 0.717) is 17.9 Å². The van der Waals surface area contributed by atoms with Gasteiger partial charge in [-0.1, -0.05) is 24.3 Å². The Morgan fingerprint density at radius 2 is 1.79 bits per heavy atom. The van der Waals surface area contributed by atoms with Gasteiger partial charge in [0.2, 0.25) is 0 Å². The average Bonchev–Trinajstić information content (AvgIpc) is 2.74. The van der Waals surface area contributed by atoms with Crippen LogP contribution in [0.2, 0.25) is 0 Å². The summed E-state index contributed by atoms with van der Waals surface area (Å²) >= 11 is 0. The Bertz CT molecular complexity index is 982. The standard InChI is InChI=1S/C24H25N3O2/c1-17(2)29-22-10-8-21(9-11-22)26-23-12-7-19(15-25-23)24(28)27-14-13-18-5-3-4-6-20(18)16-27/h3-12,15,17H,13-14,16H2,1-2H3,(H,25,26). The molecule has 0 saturated carbocycles. The van der Waals surface area contributed by atoms with E-state index in [0.717, 1.165) is 24.4 Å². The van der Waals surface area contributed by atoms with Crippen LogP contribution in [0.1, 0.15) is 35.3 Å². The zero-order chi connectivity index (χ0) is 20.2. The summed E-state index contributed by atoms with van der Waals surface area (Å²) in [6.07, 6.45) is 2.68. The predicted molar refractivity (Wildman–Crippen MR) is 115 cm³/mol. The van der Waals surface area contributed by atoms with E-state index in [-0.39, 0.29) is 12.0 Å². The van der Waals surface area contributed by atoms with Crippen LogP contribution in [-0.2, 0) is 13.0 Å². The molecule has 29 heavy (non-hydrogen) atoms. The van der Waals surface area contributed by atoms with Gasteiger partial charge in [-0.3, -0.25) is 4.79 Å². The summed E-state index contributed by atoms with van der Waals surface area (Å²) in [5.74, 6) is 1.55. The number of benzene rings is 2. The zero-order valence-electron chi connectivity index (χ0n) is 16.8. The summed E-state index contributed by atoms with van der Waals surface area (Å²) in [4.78, 5) is 19.2. The first kappa shape index (κ1) is 19.0. The number of fused-ring (bicyclic) bond motifs is 1. The predicted octanol–water partition coefficient (Wildman–Crippen LogP) is 4.81. The average molecular weight is 387 g/mol. The highest BCUT2D eigenvalue weighted by atomic mass is 16.5. The molecule has 1 aromatic heterocycles. The minimum absolute atomic E-state index is 0.0220. The molecule has 0 aliphatic carbocycles. The van der Waals surface area contributed by atoms with Crippen molar-refractivity contribution in [3.05, 3.63) is 83.6 Å². The van der Waals surface area contributed by atoms with Crippen LogP contribution in [0.15, 0.2) is 66.9 Å². The van der Waals surface area contributed by atoms with Gasteiger partial charge in [0.1, 0.15) is 11.6 Å². The summed E-state index contributed by atoms with van der Waals surface area (Å²) in [7, 11) is 0. The number of ether oxygens (including phenoxy) is 1. The molecule has 5 nitrogen and oxygen atoms in total. The number of aromatic nitrogens is 1. The van der Waals surface area contributed by atoms with Gasteiger partial charge in [-0.2, -0.15) is 0 Å². The number of amides is 1. The normalized spacial score (nSPS) is 13.1. The Morgan fingerprint density at radius 3 is 2.48 bits per heavy atom. The van der Waals surface area contributed by atoms with E-state index in [1.54, 1.807) is 6.20 Å². The maximum Gasteiger partial charge on any atom is 0.255 e. The number of hydrogen-bond acceptors (Lipinski definition) is 4.